The summed E-state index contributed by atoms with van der Waals surface area (Å²) < 4.78 is 13.4. The molecule has 6 nitrogen and oxygen atoms in total. The van der Waals surface area contributed by atoms with E-state index in [-0.39, 0.29) is 18.5 Å². The third-order valence-corrected chi connectivity index (χ3v) is 4.31. The van der Waals surface area contributed by atoms with Crippen LogP contribution in [0.2, 0.25) is 0 Å². The van der Waals surface area contributed by atoms with Crippen LogP contribution in [0.25, 0.3) is 0 Å². The number of hydrogen-bond acceptors (Lipinski definition) is 5. The first-order chi connectivity index (χ1) is 12.1. The number of nitrogens with zero attached hydrogens (tertiary/aromatic N) is 3. The van der Waals surface area contributed by atoms with Gasteiger partial charge in [0.1, 0.15) is 18.5 Å². The van der Waals surface area contributed by atoms with Gasteiger partial charge in [-0.05, 0) is 31.5 Å². The van der Waals surface area contributed by atoms with E-state index in [2.05, 4.69) is 10.00 Å². The summed E-state index contributed by atoms with van der Waals surface area (Å²) in [5, 5.41) is 14.6. The number of benzene rings is 1. The summed E-state index contributed by atoms with van der Waals surface area (Å²) >= 11 is 0. The summed E-state index contributed by atoms with van der Waals surface area (Å²) in [6.07, 6.45) is 3.45. The molecule has 2 heterocycles. The van der Waals surface area contributed by atoms with Crippen molar-refractivity contribution in [2.45, 2.75) is 32.6 Å². The lowest BCUT2D eigenvalue weighted by atomic mass is 10.2. The number of halogens is 1. The van der Waals surface area contributed by atoms with Gasteiger partial charge in [0, 0.05) is 25.8 Å². The lowest BCUT2D eigenvalue weighted by Crippen LogP contribution is -2.47. The number of hydrogen-bond donors (Lipinski definition) is 1. The molecule has 3 rings (SSSR count). The van der Waals surface area contributed by atoms with Crippen molar-refractivity contribution in [2.24, 2.45) is 0 Å². The van der Waals surface area contributed by atoms with E-state index in [1.807, 2.05) is 55.2 Å². The van der Waals surface area contributed by atoms with E-state index >= 15 is 0 Å². The third kappa shape index (κ3) is 6.29. The number of morpholine rings is 1. The molecule has 0 spiro atoms. The van der Waals surface area contributed by atoms with Crippen molar-refractivity contribution in [3.05, 3.63) is 47.8 Å². The van der Waals surface area contributed by atoms with Crippen molar-refractivity contribution in [1.82, 2.24) is 14.7 Å². The predicted octanol–water partition coefficient (Wildman–Crippen LogP) is 2.06. The molecule has 0 radical (unpaired) electrons. The van der Waals surface area contributed by atoms with Gasteiger partial charge in [-0.3, -0.25) is 9.58 Å². The number of β-amino-alcohol motifs (C(OH)–C–C–N with tert-alkyl or cyclic N) is 1. The van der Waals surface area contributed by atoms with Gasteiger partial charge in [0.25, 0.3) is 0 Å². The van der Waals surface area contributed by atoms with E-state index in [1.54, 1.807) is 0 Å². The van der Waals surface area contributed by atoms with Crippen LogP contribution in [0.1, 0.15) is 11.1 Å². The highest BCUT2D eigenvalue weighted by molar-refractivity contribution is 5.85. The molecule has 1 N–H and O–H groups in total. The highest BCUT2D eigenvalue weighted by Crippen LogP contribution is 2.13. The van der Waals surface area contributed by atoms with Crippen LogP contribution in [0.3, 0.4) is 0 Å². The molecule has 1 aliphatic heterocycles. The van der Waals surface area contributed by atoms with Crippen molar-refractivity contribution in [2.75, 3.05) is 32.8 Å². The second kappa shape index (κ2) is 9.92. The topological polar surface area (TPSA) is 59.8 Å². The maximum atomic E-state index is 10.3. The zero-order valence-corrected chi connectivity index (χ0v) is 16.2. The average Bonchev–Trinajstić information content (AvgIpc) is 2.99. The fourth-order valence-electron chi connectivity index (χ4n) is 3.01. The standard InChI is InChI=1S/C19H27N3O3.ClH/c1-15-3-5-18(6-4-15)25-14-17(23)11-21-7-8-24-19(12-21)13-22-10-16(2)9-20-22;/h3-6,9-10,17,19,23H,7-8,11-14H2,1-2H3;1H. The number of aromatic nitrogens is 2. The smallest absolute Gasteiger partial charge is 0.119 e. The summed E-state index contributed by atoms with van der Waals surface area (Å²) in [6.45, 7) is 7.99. The van der Waals surface area contributed by atoms with Crippen LogP contribution in [0.4, 0.5) is 0 Å². The Morgan fingerprint density at radius 3 is 2.73 bits per heavy atom. The zero-order valence-electron chi connectivity index (χ0n) is 15.4. The molecule has 1 fully saturated rings. The van der Waals surface area contributed by atoms with Crippen molar-refractivity contribution in [1.29, 1.82) is 0 Å². The molecular weight excluding hydrogens is 354 g/mol. The monoisotopic (exact) mass is 381 g/mol. The summed E-state index contributed by atoms with van der Waals surface area (Å²) in [6, 6.07) is 7.87. The molecule has 7 heteroatoms. The highest BCUT2D eigenvalue weighted by Gasteiger charge is 2.23. The third-order valence-electron chi connectivity index (χ3n) is 4.31. The summed E-state index contributed by atoms with van der Waals surface area (Å²) in [5.74, 6) is 0.790. The molecule has 0 aliphatic carbocycles. The molecule has 0 amide bonds. The molecule has 1 aromatic heterocycles. The minimum atomic E-state index is -0.521. The second-order valence-electron chi connectivity index (χ2n) is 6.77. The molecule has 0 saturated carbocycles. The second-order valence-corrected chi connectivity index (χ2v) is 6.77. The molecular formula is C19H28ClN3O3. The Balaban J connectivity index is 0.00000243. The van der Waals surface area contributed by atoms with Gasteiger partial charge in [-0.25, -0.2) is 0 Å². The minimum absolute atomic E-state index is 0. The van der Waals surface area contributed by atoms with Gasteiger partial charge in [-0.1, -0.05) is 17.7 Å². The zero-order chi connectivity index (χ0) is 17.6. The lowest BCUT2D eigenvalue weighted by molar-refractivity contribution is -0.0517. The molecule has 1 aromatic carbocycles. The van der Waals surface area contributed by atoms with Crippen LogP contribution in [0.15, 0.2) is 36.7 Å². The summed E-state index contributed by atoms with van der Waals surface area (Å²) in [4.78, 5) is 2.23. The molecule has 2 atom stereocenters. The van der Waals surface area contributed by atoms with Crippen LogP contribution in [-0.2, 0) is 11.3 Å². The van der Waals surface area contributed by atoms with Crippen molar-refractivity contribution >= 4 is 12.4 Å². The van der Waals surface area contributed by atoms with E-state index in [4.69, 9.17) is 9.47 Å². The average molecular weight is 382 g/mol. The molecule has 144 valence electrons. The Hall–Kier alpha value is -1.60. The Kier molecular flexibility index (Phi) is 7.90. The van der Waals surface area contributed by atoms with E-state index < -0.39 is 6.10 Å². The van der Waals surface area contributed by atoms with Gasteiger partial charge in [-0.15, -0.1) is 12.4 Å². The Bertz CT molecular complexity index is 662. The van der Waals surface area contributed by atoms with Gasteiger partial charge in [0.05, 0.1) is 25.5 Å². The van der Waals surface area contributed by atoms with Gasteiger partial charge in [-0.2, -0.15) is 5.10 Å². The molecule has 2 unspecified atom stereocenters. The van der Waals surface area contributed by atoms with Gasteiger partial charge in [0.15, 0.2) is 0 Å². The number of aryl methyl sites for hydroxylation is 2. The predicted molar refractivity (Wildman–Crippen MR) is 103 cm³/mol. The highest BCUT2D eigenvalue weighted by atomic mass is 35.5. The van der Waals surface area contributed by atoms with Gasteiger partial charge in [0.2, 0.25) is 0 Å². The van der Waals surface area contributed by atoms with Crippen molar-refractivity contribution < 1.29 is 14.6 Å². The van der Waals surface area contributed by atoms with Crippen LogP contribution >= 0.6 is 12.4 Å². The van der Waals surface area contributed by atoms with Crippen LogP contribution < -0.4 is 4.74 Å². The van der Waals surface area contributed by atoms with Gasteiger partial charge >= 0.3 is 0 Å². The quantitative estimate of drug-likeness (QED) is 0.795. The van der Waals surface area contributed by atoms with Crippen LogP contribution in [0.5, 0.6) is 5.75 Å². The molecule has 1 saturated heterocycles. The van der Waals surface area contributed by atoms with E-state index in [0.717, 1.165) is 30.9 Å². The SMILES string of the molecule is Cc1ccc(OCC(O)CN2CCOC(Cn3cc(C)cn3)C2)cc1.Cl. The molecule has 0 bridgehead atoms. The first-order valence-electron chi connectivity index (χ1n) is 8.79. The van der Waals surface area contributed by atoms with Gasteiger partial charge < -0.3 is 14.6 Å². The normalized spacial score (nSPS) is 19.0. The minimum Gasteiger partial charge on any atom is -0.491 e. The number of aliphatic hydroxyl groups is 1. The van der Waals surface area contributed by atoms with Crippen LogP contribution in [0, 0.1) is 13.8 Å². The fraction of sp³-hybridized carbons (Fsp3) is 0.526. The molecule has 1 aliphatic rings. The maximum Gasteiger partial charge on any atom is 0.119 e. The van der Waals surface area contributed by atoms with Crippen LogP contribution in [-0.4, -0.2) is 64.8 Å². The largest absolute Gasteiger partial charge is 0.491 e. The van der Waals surface area contributed by atoms with E-state index in [1.165, 1.54) is 5.56 Å². The fourth-order valence-corrected chi connectivity index (χ4v) is 3.01. The Morgan fingerprint density at radius 1 is 1.27 bits per heavy atom. The Labute approximate surface area is 161 Å². The van der Waals surface area contributed by atoms with Crippen molar-refractivity contribution in [3.8, 4) is 5.75 Å². The molecule has 26 heavy (non-hydrogen) atoms. The number of ether oxygens (including phenoxy) is 2. The Morgan fingerprint density at radius 2 is 2.04 bits per heavy atom. The maximum absolute atomic E-state index is 10.3. The summed E-state index contributed by atoms with van der Waals surface area (Å²) in [5.41, 5.74) is 2.34. The lowest BCUT2D eigenvalue weighted by Gasteiger charge is -2.34. The number of aliphatic hydroxyl groups excluding tert-OH is 1. The first-order valence-corrected chi connectivity index (χ1v) is 8.79. The summed E-state index contributed by atoms with van der Waals surface area (Å²) in [7, 11) is 0. The first kappa shape index (κ1) is 20.7. The molecule has 2 aromatic rings. The van der Waals surface area contributed by atoms with Crippen molar-refractivity contribution in [3.63, 3.8) is 0 Å². The van der Waals surface area contributed by atoms with E-state index in [9.17, 15) is 5.11 Å². The number of rotatable bonds is 7. The van der Waals surface area contributed by atoms with E-state index in [0.29, 0.717) is 19.8 Å².